The number of anilines is 2. The van der Waals surface area contributed by atoms with Crippen LogP contribution in [0.1, 0.15) is 45.7 Å². The number of halogens is 3. The number of nitrogens with one attached hydrogen (secondary N) is 3. The first-order valence-electron chi connectivity index (χ1n) is 11.2. The van der Waals surface area contributed by atoms with Gasteiger partial charge >= 0.3 is 57.6 Å². The molecule has 188 valence electrons. The van der Waals surface area contributed by atoms with Crippen molar-refractivity contribution in [3.8, 4) is 0 Å². The molecule has 2 aromatic heterocycles. The number of benzene rings is 1. The summed E-state index contributed by atoms with van der Waals surface area (Å²) in [6.45, 7) is 4.12. The van der Waals surface area contributed by atoms with Crippen LogP contribution >= 0.6 is 0 Å². The minimum absolute atomic E-state index is 0. The SMILES string of the molecule is Cc1cc(C(=O)Nc2cccc(C(C)N[C-]=CNc3[cH-]c(C4=CN(C)C4)cn3)c2)cnc1C(F)(F)F.[K+]. The Hall–Kier alpha value is -2.57. The van der Waals surface area contributed by atoms with Gasteiger partial charge in [0, 0.05) is 25.0 Å². The second-order valence-corrected chi connectivity index (χ2v) is 8.58. The monoisotopic (exact) mass is 533 g/mol. The van der Waals surface area contributed by atoms with E-state index in [1.54, 1.807) is 24.4 Å². The Kier molecular flexibility index (Phi) is 9.65. The Balaban J connectivity index is 0.00000380. The topological polar surface area (TPSA) is 82.2 Å². The maximum absolute atomic E-state index is 12.9. The van der Waals surface area contributed by atoms with Gasteiger partial charge in [-0.1, -0.05) is 24.5 Å². The van der Waals surface area contributed by atoms with Gasteiger partial charge in [0.25, 0.3) is 5.91 Å². The second kappa shape index (κ2) is 12.3. The number of rotatable bonds is 8. The molecule has 0 fully saturated rings. The molecular formula is C26H25F3KN6O-. The molecule has 0 saturated heterocycles. The van der Waals surface area contributed by atoms with E-state index >= 15 is 0 Å². The molecule has 1 aliphatic heterocycles. The molecular weight excluding hydrogens is 508 g/mol. The zero-order valence-corrected chi connectivity index (χ0v) is 24.1. The summed E-state index contributed by atoms with van der Waals surface area (Å²) in [6, 6.07) is 10.2. The zero-order chi connectivity index (χ0) is 25.9. The quantitative estimate of drug-likeness (QED) is 0.234. The van der Waals surface area contributed by atoms with Gasteiger partial charge in [0.1, 0.15) is 5.69 Å². The Morgan fingerprint density at radius 2 is 2.00 bits per heavy atom. The molecule has 3 aromatic rings. The average Bonchev–Trinajstić information content (AvgIpc) is 3.27. The van der Waals surface area contributed by atoms with Crippen molar-refractivity contribution in [3.63, 3.8) is 0 Å². The Morgan fingerprint density at radius 3 is 2.68 bits per heavy atom. The molecule has 37 heavy (non-hydrogen) atoms. The summed E-state index contributed by atoms with van der Waals surface area (Å²) >= 11 is 0. The van der Waals surface area contributed by atoms with Crippen molar-refractivity contribution in [1.82, 2.24) is 20.2 Å². The molecule has 1 aromatic carbocycles. The van der Waals surface area contributed by atoms with Crippen LogP contribution in [0.15, 0.2) is 61.2 Å². The van der Waals surface area contributed by atoms with E-state index in [1.165, 1.54) is 18.6 Å². The summed E-state index contributed by atoms with van der Waals surface area (Å²) in [5.74, 6) is 0.179. The summed E-state index contributed by atoms with van der Waals surface area (Å²) < 4.78 is 38.7. The second-order valence-electron chi connectivity index (χ2n) is 8.58. The van der Waals surface area contributed by atoms with Crippen LogP contribution in [-0.2, 0) is 6.18 Å². The van der Waals surface area contributed by atoms with Gasteiger partial charge < -0.3 is 32.0 Å². The first kappa shape index (κ1) is 29.0. The number of amides is 1. The predicted octanol–water partition coefficient (Wildman–Crippen LogP) is 2.10. The molecule has 0 spiro atoms. The van der Waals surface area contributed by atoms with Crippen molar-refractivity contribution in [2.45, 2.75) is 26.1 Å². The van der Waals surface area contributed by atoms with E-state index in [-0.39, 0.29) is 68.6 Å². The number of carbonyl (C=O) groups is 1. The Labute approximate surface area is 256 Å². The molecule has 0 bridgehead atoms. The van der Waals surface area contributed by atoms with E-state index in [4.69, 9.17) is 0 Å². The number of aromatic nitrogens is 2. The van der Waals surface area contributed by atoms with Gasteiger partial charge in [-0.05, 0) is 49.7 Å². The van der Waals surface area contributed by atoms with Crippen molar-refractivity contribution in [1.29, 1.82) is 0 Å². The van der Waals surface area contributed by atoms with E-state index in [1.807, 2.05) is 32.3 Å². The maximum Gasteiger partial charge on any atom is 1.00 e. The average molecular weight is 534 g/mol. The first-order valence-corrected chi connectivity index (χ1v) is 11.2. The fourth-order valence-electron chi connectivity index (χ4n) is 3.73. The molecule has 3 heterocycles. The molecule has 4 rings (SSSR count). The van der Waals surface area contributed by atoms with E-state index < -0.39 is 17.8 Å². The molecule has 7 nitrogen and oxygen atoms in total. The number of aryl methyl sites for hydroxylation is 1. The van der Waals surface area contributed by atoms with Gasteiger partial charge in [-0.15, -0.1) is 11.6 Å². The molecule has 1 atom stereocenters. The number of hydrogen-bond donors (Lipinski definition) is 3. The molecule has 1 unspecified atom stereocenters. The molecule has 1 amide bonds. The van der Waals surface area contributed by atoms with Crippen LogP contribution in [-0.4, -0.2) is 34.4 Å². The predicted molar refractivity (Wildman–Crippen MR) is 132 cm³/mol. The normalized spacial score (nSPS) is 13.9. The summed E-state index contributed by atoms with van der Waals surface area (Å²) in [7, 11) is 2.02. The molecule has 3 N–H and O–H groups in total. The number of likely N-dealkylation sites (N-methyl/N-ethyl adjacent to an activating group) is 1. The molecule has 1 aliphatic rings. The van der Waals surface area contributed by atoms with Crippen molar-refractivity contribution in [3.05, 3.63) is 95.3 Å². The number of carbonyl (C=O) groups excluding carboxylic acids is 1. The van der Waals surface area contributed by atoms with Crippen molar-refractivity contribution in [2.24, 2.45) is 0 Å². The van der Waals surface area contributed by atoms with Crippen LogP contribution in [0.2, 0.25) is 0 Å². The number of nitrogens with zero attached hydrogens (tertiary/aromatic N) is 3. The number of hydrogen-bond acceptors (Lipinski definition) is 6. The van der Waals surface area contributed by atoms with Crippen LogP contribution in [0.3, 0.4) is 0 Å². The number of alkyl halides is 3. The van der Waals surface area contributed by atoms with Crippen molar-refractivity contribution in [2.75, 3.05) is 24.2 Å². The van der Waals surface area contributed by atoms with Crippen molar-refractivity contribution >= 4 is 23.0 Å². The first-order chi connectivity index (χ1) is 17.1. The van der Waals surface area contributed by atoms with Crippen LogP contribution in [0.25, 0.3) is 5.57 Å². The largest absolute Gasteiger partial charge is 1.00 e. The van der Waals surface area contributed by atoms with E-state index in [0.29, 0.717) is 5.69 Å². The fraction of sp³-hybridized carbons (Fsp3) is 0.231. The minimum Gasteiger partial charge on any atom is -0.560 e. The minimum atomic E-state index is -4.56. The zero-order valence-electron chi connectivity index (χ0n) is 20.9. The molecule has 0 radical (unpaired) electrons. The fourth-order valence-corrected chi connectivity index (χ4v) is 3.73. The third-order valence-corrected chi connectivity index (χ3v) is 5.65. The van der Waals surface area contributed by atoms with Crippen molar-refractivity contribution < 1.29 is 69.4 Å². The van der Waals surface area contributed by atoms with Gasteiger partial charge in [-0.3, -0.25) is 9.78 Å². The van der Waals surface area contributed by atoms with Gasteiger partial charge in [0.15, 0.2) is 0 Å². The van der Waals surface area contributed by atoms with Crippen LogP contribution in [0.4, 0.5) is 24.7 Å². The van der Waals surface area contributed by atoms with E-state index in [0.717, 1.165) is 29.7 Å². The standard InChI is InChI=1S/C26H25F3N6O.K/c1-16-9-20(13-33-24(16)26(27,28)29)25(36)34-22-6-4-5-18(10-22)17(2)30-7-8-31-23-11-19(12-32-23)21-14-35(3)15-21;/h4-6,8-14,17,30H,15H2,1-3H3,(H,31,32)(H,34,36);/q-2;+1. The summed E-state index contributed by atoms with van der Waals surface area (Å²) in [6.07, 6.45) is 4.88. The van der Waals surface area contributed by atoms with Crippen LogP contribution in [0.5, 0.6) is 0 Å². The van der Waals surface area contributed by atoms with Crippen LogP contribution < -0.4 is 67.3 Å². The molecule has 11 heteroatoms. The number of pyridine rings is 1. The third kappa shape index (κ3) is 7.48. The summed E-state index contributed by atoms with van der Waals surface area (Å²) in [5.41, 5.74) is 2.65. The molecule has 0 aliphatic carbocycles. The maximum atomic E-state index is 12.9. The summed E-state index contributed by atoms with van der Waals surface area (Å²) in [4.78, 5) is 22.4. The van der Waals surface area contributed by atoms with Crippen LogP contribution in [0, 0.1) is 13.1 Å². The van der Waals surface area contributed by atoms with Gasteiger partial charge in [-0.2, -0.15) is 24.9 Å². The smallest absolute Gasteiger partial charge is 0.560 e. The Morgan fingerprint density at radius 1 is 1.24 bits per heavy atom. The van der Waals surface area contributed by atoms with E-state index in [9.17, 15) is 18.0 Å². The van der Waals surface area contributed by atoms with E-state index in [2.05, 4.69) is 43.2 Å². The summed E-state index contributed by atoms with van der Waals surface area (Å²) in [5, 5.41) is 8.91. The van der Waals surface area contributed by atoms with Gasteiger partial charge in [-0.25, -0.2) is 0 Å². The molecule has 0 saturated carbocycles. The Bertz CT molecular complexity index is 1320. The van der Waals surface area contributed by atoms with Gasteiger partial charge in [0.2, 0.25) is 0 Å². The third-order valence-electron chi connectivity index (χ3n) is 5.65. The van der Waals surface area contributed by atoms with Gasteiger partial charge in [0.05, 0.1) is 11.4 Å².